The molecular formula is C21H25IN6O4. The minimum absolute atomic E-state index is 0.106. The molecule has 0 aliphatic heterocycles. The van der Waals surface area contributed by atoms with Crippen molar-refractivity contribution in [3.05, 3.63) is 63.5 Å². The van der Waals surface area contributed by atoms with Crippen LogP contribution in [0.4, 0.5) is 0 Å². The van der Waals surface area contributed by atoms with E-state index in [9.17, 15) is 19.5 Å². The second-order valence-electron chi connectivity index (χ2n) is 6.93. The van der Waals surface area contributed by atoms with E-state index in [0.717, 1.165) is 9.13 Å². The van der Waals surface area contributed by atoms with Gasteiger partial charge in [0.1, 0.15) is 6.04 Å². The summed E-state index contributed by atoms with van der Waals surface area (Å²) < 4.78 is 1.01. The number of guanidine groups is 1. The van der Waals surface area contributed by atoms with Gasteiger partial charge in [-0.2, -0.15) is 0 Å². The van der Waals surface area contributed by atoms with E-state index in [1.807, 2.05) is 24.3 Å². The van der Waals surface area contributed by atoms with Crippen molar-refractivity contribution < 1.29 is 19.5 Å². The van der Waals surface area contributed by atoms with Crippen molar-refractivity contribution in [3.63, 3.8) is 0 Å². The number of hydrogen-bond donors (Lipinski definition) is 6. The molecule has 2 aromatic rings. The smallest absolute Gasteiger partial charge is 0.326 e. The van der Waals surface area contributed by atoms with Crippen molar-refractivity contribution in [2.24, 2.45) is 5.73 Å². The molecule has 1 heterocycles. The van der Waals surface area contributed by atoms with Crippen LogP contribution >= 0.6 is 22.6 Å². The standard InChI is InChI=1S/C21H25IN6O4/c22-15-4-1-3-13(11-15)12-27-17(18(29)14-6-9-25-10-7-14)19(30)28-16(20(31)32)5-2-8-26-21(23)24/h1,3-4,6-7,9-11,16-17,27H,2,5,8,12H2,(H,28,30)(H,31,32)(H4,23,24,26)/t16-,17?/m0/s1. The highest BCUT2D eigenvalue weighted by Gasteiger charge is 2.30. The normalized spacial score (nSPS) is 12.4. The number of nitrogens with zero attached hydrogens (tertiary/aromatic N) is 1. The number of ketones is 1. The van der Waals surface area contributed by atoms with E-state index in [2.05, 4.69) is 43.5 Å². The third-order valence-electron chi connectivity index (χ3n) is 4.49. The molecule has 10 nitrogen and oxygen atoms in total. The number of nitrogens with two attached hydrogens (primary N) is 1. The molecule has 1 aromatic heterocycles. The third-order valence-corrected chi connectivity index (χ3v) is 5.16. The summed E-state index contributed by atoms with van der Waals surface area (Å²) in [5, 5.41) is 24.6. The lowest BCUT2D eigenvalue weighted by molar-refractivity contribution is -0.142. The monoisotopic (exact) mass is 552 g/mol. The van der Waals surface area contributed by atoms with Crippen LogP contribution in [-0.2, 0) is 16.1 Å². The third kappa shape index (κ3) is 8.23. The summed E-state index contributed by atoms with van der Waals surface area (Å²) in [5.41, 5.74) is 6.37. The summed E-state index contributed by atoms with van der Waals surface area (Å²) in [6, 6.07) is 8.10. The number of Topliss-reactive ketones (excluding diaryl/α,β-unsaturated/α-hetero) is 1. The largest absolute Gasteiger partial charge is 0.480 e. The molecule has 1 aromatic carbocycles. The maximum atomic E-state index is 13.0. The molecule has 2 rings (SSSR count). The number of rotatable bonds is 12. The number of carbonyl (C=O) groups is 3. The number of halogens is 1. The van der Waals surface area contributed by atoms with E-state index in [1.54, 1.807) is 0 Å². The molecular weight excluding hydrogens is 527 g/mol. The SMILES string of the molecule is N=C(N)NCCC[C@H](NC(=O)C(NCc1cccc(I)c1)C(=O)c1ccncc1)C(=O)O. The maximum absolute atomic E-state index is 13.0. The number of carboxylic acids is 1. The second-order valence-corrected chi connectivity index (χ2v) is 8.17. The quantitative estimate of drug-likeness (QED) is 0.0563. The number of benzene rings is 1. The fourth-order valence-electron chi connectivity index (χ4n) is 2.90. The van der Waals surface area contributed by atoms with E-state index in [4.69, 9.17) is 11.1 Å². The van der Waals surface area contributed by atoms with Crippen molar-refractivity contribution in [1.29, 1.82) is 5.41 Å². The molecule has 0 spiro atoms. The van der Waals surface area contributed by atoms with Crippen molar-refractivity contribution in [1.82, 2.24) is 20.9 Å². The molecule has 0 fully saturated rings. The number of carbonyl (C=O) groups excluding carboxylic acids is 2. The van der Waals surface area contributed by atoms with Crippen molar-refractivity contribution >= 4 is 46.2 Å². The highest BCUT2D eigenvalue weighted by atomic mass is 127. The Hall–Kier alpha value is -3.06. The predicted octanol–water partition coefficient (Wildman–Crippen LogP) is 0.860. The number of aliphatic carboxylic acids is 1. The number of carboxylic acid groups (broad SMARTS) is 1. The molecule has 0 radical (unpaired) electrons. The first-order chi connectivity index (χ1) is 15.3. The van der Waals surface area contributed by atoms with Gasteiger partial charge in [-0.3, -0.25) is 25.3 Å². The molecule has 1 unspecified atom stereocenters. The minimum atomic E-state index is -1.28. The van der Waals surface area contributed by atoms with E-state index < -0.39 is 29.7 Å². The Bertz CT molecular complexity index is 956. The Labute approximate surface area is 199 Å². The van der Waals surface area contributed by atoms with Gasteiger partial charge in [0.05, 0.1) is 0 Å². The van der Waals surface area contributed by atoms with Gasteiger partial charge in [-0.15, -0.1) is 0 Å². The lowest BCUT2D eigenvalue weighted by Crippen LogP contribution is -2.53. The van der Waals surface area contributed by atoms with E-state index >= 15 is 0 Å². The summed E-state index contributed by atoms with van der Waals surface area (Å²) in [6.07, 6.45) is 3.36. The highest BCUT2D eigenvalue weighted by molar-refractivity contribution is 14.1. The fourth-order valence-corrected chi connectivity index (χ4v) is 3.50. The van der Waals surface area contributed by atoms with Gasteiger partial charge >= 0.3 is 5.97 Å². The van der Waals surface area contributed by atoms with E-state index in [-0.39, 0.29) is 24.5 Å². The Balaban J connectivity index is 2.13. The van der Waals surface area contributed by atoms with Crippen LogP contribution in [0.25, 0.3) is 0 Å². The molecule has 32 heavy (non-hydrogen) atoms. The summed E-state index contributed by atoms with van der Waals surface area (Å²) in [5.74, 6) is -2.65. The van der Waals surface area contributed by atoms with Crippen molar-refractivity contribution in [2.45, 2.75) is 31.5 Å². The number of aromatic nitrogens is 1. The molecule has 0 aliphatic rings. The van der Waals surface area contributed by atoms with Gasteiger partial charge in [-0.25, -0.2) is 4.79 Å². The molecule has 11 heteroatoms. The van der Waals surface area contributed by atoms with Gasteiger partial charge in [0, 0.05) is 34.6 Å². The number of hydrogen-bond acceptors (Lipinski definition) is 6. The van der Waals surface area contributed by atoms with Crippen LogP contribution in [0, 0.1) is 8.98 Å². The highest BCUT2D eigenvalue weighted by Crippen LogP contribution is 2.10. The first-order valence-corrected chi connectivity index (χ1v) is 10.9. The van der Waals surface area contributed by atoms with Gasteiger partial charge in [0.2, 0.25) is 5.91 Å². The zero-order valence-electron chi connectivity index (χ0n) is 17.2. The van der Waals surface area contributed by atoms with Crippen LogP contribution in [0.1, 0.15) is 28.8 Å². The topological polar surface area (TPSA) is 170 Å². The second kappa shape index (κ2) is 12.7. The lowest BCUT2D eigenvalue weighted by atomic mass is 10.0. The Morgan fingerprint density at radius 3 is 2.53 bits per heavy atom. The first kappa shape index (κ1) is 25.2. The minimum Gasteiger partial charge on any atom is -0.480 e. The molecule has 2 atom stereocenters. The molecule has 170 valence electrons. The summed E-state index contributed by atoms with van der Waals surface area (Å²) in [6.45, 7) is 0.533. The van der Waals surface area contributed by atoms with Gasteiger partial charge in [-0.05, 0) is 65.3 Å². The van der Waals surface area contributed by atoms with Gasteiger partial charge in [-0.1, -0.05) is 12.1 Å². The fraction of sp³-hybridized carbons (Fsp3) is 0.286. The zero-order valence-corrected chi connectivity index (χ0v) is 19.3. The molecule has 0 saturated carbocycles. The van der Waals surface area contributed by atoms with Gasteiger partial charge in [0.25, 0.3) is 0 Å². The van der Waals surface area contributed by atoms with Crippen LogP contribution < -0.4 is 21.7 Å². The molecule has 0 aliphatic carbocycles. The van der Waals surface area contributed by atoms with Crippen LogP contribution in [0.15, 0.2) is 48.8 Å². The zero-order chi connectivity index (χ0) is 23.5. The number of pyridine rings is 1. The summed E-state index contributed by atoms with van der Waals surface area (Å²) in [4.78, 5) is 41.5. The van der Waals surface area contributed by atoms with Crippen LogP contribution in [0.5, 0.6) is 0 Å². The maximum Gasteiger partial charge on any atom is 0.326 e. The van der Waals surface area contributed by atoms with Gasteiger partial charge in [0.15, 0.2) is 17.8 Å². The Morgan fingerprint density at radius 1 is 1.19 bits per heavy atom. The van der Waals surface area contributed by atoms with Crippen LogP contribution in [0.2, 0.25) is 0 Å². The van der Waals surface area contributed by atoms with Crippen molar-refractivity contribution in [3.8, 4) is 0 Å². The summed E-state index contributed by atoms with van der Waals surface area (Å²) >= 11 is 2.17. The Morgan fingerprint density at radius 2 is 1.91 bits per heavy atom. The predicted molar refractivity (Wildman–Crippen MR) is 127 cm³/mol. The van der Waals surface area contributed by atoms with Gasteiger partial charge < -0.3 is 21.5 Å². The molecule has 1 amide bonds. The first-order valence-electron chi connectivity index (χ1n) is 9.81. The number of nitrogens with one attached hydrogen (secondary N) is 4. The lowest BCUT2D eigenvalue weighted by Gasteiger charge is -2.21. The van der Waals surface area contributed by atoms with Crippen LogP contribution in [0.3, 0.4) is 0 Å². The molecule has 0 bridgehead atoms. The number of amides is 1. The average Bonchev–Trinajstić information content (AvgIpc) is 2.76. The molecule has 0 saturated heterocycles. The van der Waals surface area contributed by atoms with Crippen LogP contribution in [-0.4, -0.2) is 52.3 Å². The molecule has 7 N–H and O–H groups in total. The average molecular weight is 552 g/mol. The summed E-state index contributed by atoms with van der Waals surface area (Å²) in [7, 11) is 0. The van der Waals surface area contributed by atoms with E-state index in [0.29, 0.717) is 13.0 Å². The van der Waals surface area contributed by atoms with Crippen molar-refractivity contribution in [2.75, 3.05) is 6.54 Å². The van der Waals surface area contributed by atoms with E-state index in [1.165, 1.54) is 24.5 Å². The Kier molecular flexibility index (Phi) is 10.0.